The van der Waals surface area contributed by atoms with Crippen LogP contribution in [0.15, 0.2) is 18.2 Å². The van der Waals surface area contributed by atoms with Crippen LogP contribution < -0.4 is 16.0 Å². The zero-order valence-corrected chi connectivity index (χ0v) is 12.4. The average Bonchev–Trinajstić information content (AvgIpc) is 2.37. The highest BCUT2D eigenvalue weighted by molar-refractivity contribution is 5.96. The monoisotopic (exact) mass is 263 g/mol. The smallest absolute Gasteiger partial charge is 0.251 e. The normalized spacial score (nSPS) is 12.0. The van der Waals surface area contributed by atoms with E-state index in [-0.39, 0.29) is 11.9 Å². The Hall–Kier alpha value is -1.71. The fourth-order valence-corrected chi connectivity index (χ4v) is 2.10. The predicted molar refractivity (Wildman–Crippen MR) is 81.6 cm³/mol. The molecule has 1 atom stereocenters. The van der Waals surface area contributed by atoms with Gasteiger partial charge in [-0.25, -0.2) is 0 Å². The van der Waals surface area contributed by atoms with Crippen molar-refractivity contribution >= 4 is 17.3 Å². The number of amides is 1. The number of nitrogens with one attached hydrogen (secondary N) is 1. The van der Waals surface area contributed by atoms with Crippen molar-refractivity contribution in [1.29, 1.82) is 0 Å². The molecule has 0 saturated heterocycles. The first kappa shape index (κ1) is 15.3. The molecule has 0 radical (unpaired) electrons. The molecule has 106 valence electrons. The third-order valence-corrected chi connectivity index (χ3v) is 3.24. The number of benzene rings is 1. The highest BCUT2D eigenvalue weighted by atomic mass is 16.1. The van der Waals surface area contributed by atoms with Crippen LogP contribution >= 0.6 is 0 Å². The minimum Gasteiger partial charge on any atom is -0.397 e. The van der Waals surface area contributed by atoms with Gasteiger partial charge >= 0.3 is 0 Å². The molecule has 0 fully saturated rings. The van der Waals surface area contributed by atoms with E-state index >= 15 is 0 Å². The SMILES string of the molecule is CCCC(CC)NC(=O)c1ccc(N(C)C)c(N)c1. The lowest BCUT2D eigenvalue weighted by molar-refractivity contribution is 0.0934. The molecule has 0 heterocycles. The van der Waals surface area contributed by atoms with Gasteiger partial charge in [-0.05, 0) is 31.0 Å². The van der Waals surface area contributed by atoms with Gasteiger partial charge in [0.25, 0.3) is 5.91 Å². The fourth-order valence-electron chi connectivity index (χ4n) is 2.10. The number of hydrogen-bond acceptors (Lipinski definition) is 3. The van der Waals surface area contributed by atoms with Gasteiger partial charge in [0.2, 0.25) is 0 Å². The van der Waals surface area contributed by atoms with Crippen LogP contribution in [0, 0.1) is 0 Å². The quantitative estimate of drug-likeness (QED) is 0.776. The van der Waals surface area contributed by atoms with Crippen LogP contribution in [0.4, 0.5) is 11.4 Å². The van der Waals surface area contributed by atoms with E-state index in [1.807, 2.05) is 31.1 Å². The van der Waals surface area contributed by atoms with Crippen LogP contribution in [-0.4, -0.2) is 26.0 Å². The number of nitrogens with two attached hydrogens (primary N) is 1. The summed E-state index contributed by atoms with van der Waals surface area (Å²) < 4.78 is 0. The summed E-state index contributed by atoms with van der Waals surface area (Å²) >= 11 is 0. The number of nitrogen functional groups attached to an aromatic ring is 1. The van der Waals surface area contributed by atoms with Crippen LogP contribution in [0.2, 0.25) is 0 Å². The average molecular weight is 263 g/mol. The second-order valence-corrected chi connectivity index (χ2v) is 5.04. The summed E-state index contributed by atoms with van der Waals surface area (Å²) in [6.07, 6.45) is 3.03. The molecule has 3 N–H and O–H groups in total. The van der Waals surface area contributed by atoms with Crippen LogP contribution in [0.1, 0.15) is 43.5 Å². The minimum absolute atomic E-state index is 0.0442. The molecule has 4 heteroatoms. The van der Waals surface area contributed by atoms with Crippen LogP contribution in [0.5, 0.6) is 0 Å². The van der Waals surface area contributed by atoms with Gasteiger partial charge in [0, 0.05) is 25.7 Å². The van der Waals surface area contributed by atoms with Gasteiger partial charge in [-0.15, -0.1) is 0 Å². The molecule has 0 aliphatic heterocycles. The second-order valence-electron chi connectivity index (χ2n) is 5.04. The van der Waals surface area contributed by atoms with Crippen LogP contribution in [-0.2, 0) is 0 Å². The van der Waals surface area contributed by atoms with Gasteiger partial charge in [-0.3, -0.25) is 4.79 Å². The van der Waals surface area contributed by atoms with Crippen molar-refractivity contribution in [2.45, 2.75) is 39.2 Å². The van der Waals surface area contributed by atoms with Gasteiger partial charge in [-0.1, -0.05) is 20.3 Å². The van der Waals surface area contributed by atoms with Gasteiger partial charge < -0.3 is 16.0 Å². The summed E-state index contributed by atoms with van der Waals surface area (Å²) in [7, 11) is 3.86. The van der Waals surface area contributed by atoms with E-state index in [9.17, 15) is 4.79 Å². The molecule has 0 aliphatic carbocycles. The third kappa shape index (κ3) is 4.16. The van der Waals surface area contributed by atoms with Gasteiger partial charge in [0.05, 0.1) is 11.4 Å². The molecule has 1 aromatic carbocycles. The van der Waals surface area contributed by atoms with Crippen molar-refractivity contribution in [1.82, 2.24) is 5.32 Å². The summed E-state index contributed by atoms with van der Waals surface area (Å²) in [4.78, 5) is 14.1. The minimum atomic E-state index is -0.0442. The number of anilines is 2. The molecule has 1 unspecified atom stereocenters. The Bertz CT molecular complexity index is 429. The first-order chi connectivity index (χ1) is 8.99. The third-order valence-electron chi connectivity index (χ3n) is 3.24. The van der Waals surface area contributed by atoms with E-state index in [1.165, 1.54) is 0 Å². The largest absolute Gasteiger partial charge is 0.397 e. The maximum absolute atomic E-state index is 12.1. The second kappa shape index (κ2) is 7.02. The topological polar surface area (TPSA) is 58.4 Å². The number of carbonyl (C=O) groups is 1. The maximum atomic E-state index is 12.1. The van der Waals surface area contributed by atoms with E-state index in [1.54, 1.807) is 6.07 Å². The molecule has 1 amide bonds. The van der Waals surface area contributed by atoms with Crippen LogP contribution in [0.25, 0.3) is 0 Å². The Morgan fingerprint density at radius 1 is 1.37 bits per heavy atom. The van der Waals surface area contributed by atoms with Crippen LogP contribution in [0.3, 0.4) is 0 Å². The molecular formula is C15H25N3O. The Morgan fingerprint density at radius 2 is 2.05 bits per heavy atom. The Balaban J connectivity index is 2.80. The first-order valence-corrected chi connectivity index (χ1v) is 6.87. The molecule has 0 aliphatic rings. The molecule has 19 heavy (non-hydrogen) atoms. The van der Waals surface area contributed by atoms with E-state index < -0.39 is 0 Å². The van der Waals surface area contributed by atoms with Gasteiger partial charge in [-0.2, -0.15) is 0 Å². The summed E-state index contributed by atoms with van der Waals surface area (Å²) in [6.45, 7) is 4.21. The van der Waals surface area contributed by atoms with Crippen molar-refractivity contribution in [3.8, 4) is 0 Å². The molecule has 0 saturated carbocycles. The molecule has 1 rings (SSSR count). The molecule has 0 bridgehead atoms. The summed E-state index contributed by atoms with van der Waals surface area (Å²) in [6, 6.07) is 5.68. The Labute approximate surface area is 116 Å². The van der Waals surface area contributed by atoms with Crippen molar-refractivity contribution in [2.24, 2.45) is 0 Å². The summed E-state index contributed by atoms with van der Waals surface area (Å²) in [5.41, 5.74) is 8.14. The molecule has 1 aromatic rings. The first-order valence-electron chi connectivity index (χ1n) is 6.87. The van der Waals surface area contributed by atoms with E-state index in [0.717, 1.165) is 24.9 Å². The summed E-state index contributed by atoms with van der Waals surface area (Å²) in [5, 5.41) is 3.05. The Morgan fingerprint density at radius 3 is 2.53 bits per heavy atom. The van der Waals surface area contributed by atoms with Crippen molar-refractivity contribution in [3.05, 3.63) is 23.8 Å². The van der Waals surface area contributed by atoms with Gasteiger partial charge in [0.15, 0.2) is 0 Å². The number of rotatable bonds is 6. The lowest BCUT2D eigenvalue weighted by Crippen LogP contribution is -2.34. The lowest BCUT2D eigenvalue weighted by atomic mass is 10.1. The number of carbonyl (C=O) groups excluding carboxylic acids is 1. The zero-order chi connectivity index (χ0) is 14.4. The van der Waals surface area contributed by atoms with Crippen molar-refractivity contribution < 1.29 is 4.79 Å². The Kier molecular flexibility index (Phi) is 5.67. The van der Waals surface area contributed by atoms with Gasteiger partial charge in [0.1, 0.15) is 0 Å². The molecular weight excluding hydrogens is 238 g/mol. The van der Waals surface area contributed by atoms with E-state index in [0.29, 0.717) is 11.3 Å². The highest BCUT2D eigenvalue weighted by Crippen LogP contribution is 2.22. The number of hydrogen-bond donors (Lipinski definition) is 2. The molecule has 0 aromatic heterocycles. The van der Waals surface area contributed by atoms with Crippen molar-refractivity contribution in [3.63, 3.8) is 0 Å². The van der Waals surface area contributed by atoms with E-state index in [4.69, 9.17) is 5.73 Å². The maximum Gasteiger partial charge on any atom is 0.251 e. The molecule has 4 nitrogen and oxygen atoms in total. The molecule has 0 spiro atoms. The fraction of sp³-hybridized carbons (Fsp3) is 0.533. The standard InChI is InChI=1S/C15H25N3O/c1-5-7-12(6-2)17-15(19)11-8-9-14(18(3)4)13(16)10-11/h8-10,12H,5-7,16H2,1-4H3,(H,17,19). The zero-order valence-electron chi connectivity index (χ0n) is 12.4. The van der Waals surface area contributed by atoms with E-state index in [2.05, 4.69) is 19.2 Å². The summed E-state index contributed by atoms with van der Waals surface area (Å²) in [5.74, 6) is -0.0442. The predicted octanol–water partition coefficient (Wildman–Crippen LogP) is 2.64. The number of nitrogens with zero attached hydrogens (tertiary/aromatic N) is 1. The van der Waals surface area contributed by atoms with Crippen molar-refractivity contribution in [2.75, 3.05) is 24.7 Å². The lowest BCUT2D eigenvalue weighted by Gasteiger charge is -2.18. The highest BCUT2D eigenvalue weighted by Gasteiger charge is 2.13.